The molecule has 0 bridgehead atoms. The van der Waals surface area contributed by atoms with E-state index in [0.29, 0.717) is 33.0 Å². The van der Waals surface area contributed by atoms with E-state index in [0.717, 1.165) is 31.5 Å². The Kier molecular flexibility index (Phi) is 11.3. The molecule has 9 heteroatoms. The third-order valence-electron chi connectivity index (χ3n) is 5.29. The number of nitrogens with one attached hydrogen (secondary N) is 1. The van der Waals surface area contributed by atoms with Crippen molar-refractivity contribution in [1.82, 2.24) is 10.2 Å². The molecule has 2 heterocycles. The Balaban J connectivity index is 0.00000196. The van der Waals surface area contributed by atoms with Crippen LogP contribution < -0.4 is 11.1 Å². The van der Waals surface area contributed by atoms with Crippen molar-refractivity contribution in [3.63, 3.8) is 0 Å². The summed E-state index contributed by atoms with van der Waals surface area (Å²) in [6.07, 6.45) is 1.64. The molecule has 1 amide bonds. The maximum absolute atomic E-state index is 13.3. The van der Waals surface area contributed by atoms with Crippen LogP contribution in [0.3, 0.4) is 0 Å². The van der Waals surface area contributed by atoms with Crippen LogP contribution in [0.5, 0.6) is 0 Å². The summed E-state index contributed by atoms with van der Waals surface area (Å²) in [4.78, 5) is 14.8. The number of carbonyl (C=O) groups excluding carboxylic acids is 1. The molecule has 0 aromatic heterocycles. The van der Waals surface area contributed by atoms with Crippen molar-refractivity contribution in [1.29, 1.82) is 0 Å². The highest BCUT2D eigenvalue weighted by atomic mass is 35.5. The lowest BCUT2D eigenvalue weighted by atomic mass is 9.91. The van der Waals surface area contributed by atoms with E-state index in [2.05, 4.69) is 10.2 Å². The quantitative estimate of drug-likeness (QED) is 0.710. The van der Waals surface area contributed by atoms with Gasteiger partial charge in [-0.1, -0.05) is 12.1 Å². The number of carbonyl (C=O) groups is 1. The van der Waals surface area contributed by atoms with Crippen molar-refractivity contribution in [2.75, 3.05) is 46.1 Å². The summed E-state index contributed by atoms with van der Waals surface area (Å²) in [6, 6.07) is 5.93. The smallest absolute Gasteiger partial charge is 0.237 e. The molecule has 0 radical (unpaired) electrons. The number of halogens is 3. The topological polar surface area (TPSA) is 76.8 Å². The summed E-state index contributed by atoms with van der Waals surface area (Å²) in [5.41, 5.74) is 7.14. The van der Waals surface area contributed by atoms with Crippen molar-refractivity contribution in [3.8, 4) is 0 Å². The van der Waals surface area contributed by atoms with E-state index in [4.69, 9.17) is 15.2 Å². The average Bonchev–Trinajstić information content (AvgIpc) is 2.70. The minimum Gasteiger partial charge on any atom is -0.381 e. The summed E-state index contributed by atoms with van der Waals surface area (Å²) >= 11 is 0. The summed E-state index contributed by atoms with van der Waals surface area (Å²) in [7, 11) is 0. The highest BCUT2D eigenvalue weighted by Gasteiger charge is 2.28. The van der Waals surface area contributed by atoms with Gasteiger partial charge in [-0.3, -0.25) is 9.69 Å². The molecule has 2 atom stereocenters. The lowest BCUT2D eigenvalue weighted by molar-refractivity contribution is -0.124. The first kappa shape index (κ1) is 25.1. The van der Waals surface area contributed by atoms with Gasteiger partial charge in [-0.15, -0.1) is 24.8 Å². The zero-order valence-electron chi connectivity index (χ0n) is 15.8. The van der Waals surface area contributed by atoms with Gasteiger partial charge in [0, 0.05) is 32.8 Å². The summed E-state index contributed by atoms with van der Waals surface area (Å²) in [5.74, 6) is -0.228. The first-order valence-corrected chi connectivity index (χ1v) is 9.33. The van der Waals surface area contributed by atoms with Gasteiger partial charge in [0.1, 0.15) is 5.82 Å². The number of ether oxygens (including phenoxy) is 2. The number of nitrogens with two attached hydrogens (primary N) is 1. The zero-order valence-corrected chi connectivity index (χ0v) is 17.5. The lowest BCUT2D eigenvalue weighted by Crippen LogP contribution is -2.50. The molecule has 1 aromatic rings. The van der Waals surface area contributed by atoms with E-state index in [1.807, 2.05) is 0 Å². The number of amides is 1. The Hall–Kier alpha value is -0.960. The third-order valence-corrected chi connectivity index (χ3v) is 5.29. The predicted molar refractivity (Wildman–Crippen MR) is 111 cm³/mol. The highest BCUT2D eigenvalue weighted by molar-refractivity contribution is 5.85. The maximum Gasteiger partial charge on any atom is 0.237 e. The second kappa shape index (κ2) is 12.6. The van der Waals surface area contributed by atoms with Crippen molar-refractivity contribution in [3.05, 3.63) is 35.6 Å². The van der Waals surface area contributed by atoms with Gasteiger partial charge < -0.3 is 20.5 Å². The standard InChI is InChI=1S/C19H28FN3O3.2ClH/c20-16-3-1-14(2-4-16)17(23-7-11-26-12-8-23)13-22-19(24)18(21)15-5-9-25-10-6-15;;/h1-4,15,17-18H,5-13,21H2,(H,22,24);2*1H. The van der Waals surface area contributed by atoms with Crippen molar-refractivity contribution < 1.29 is 18.7 Å². The molecule has 3 N–H and O–H groups in total. The molecular formula is C19H30Cl2FN3O3. The van der Waals surface area contributed by atoms with Crippen LogP contribution in [0.1, 0.15) is 24.4 Å². The molecule has 2 saturated heterocycles. The van der Waals surface area contributed by atoms with Gasteiger partial charge in [0.25, 0.3) is 0 Å². The van der Waals surface area contributed by atoms with E-state index in [1.165, 1.54) is 12.1 Å². The van der Waals surface area contributed by atoms with Crippen LogP contribution in [0.15, 0.2) is 24.3 Å². The number of hydrogen-bond donors (Lipinski definition) is 2. The number of morpholine rings is 1. The SMILES string of the molecule is Cl.Cl.NC(C(=O)NCC(c1ccc(F)cc1)N1CCOCC1)C1CCOCC1. The van der Waals surface area contributed by atoms with Crippen LogP contribution in [0.25, 0.3) is 0 Å². The molecule has 0 saturated carbocycles. The molecule has 2 aliphatic heterocycles. The van der Waals surface area contributed by atoms with Crippen LogP contribution in [-0.4, -0.2) is 62.9 Å². The molecule has 1 aromatic carbocycles. The summed E-state index contributed by atoms with van der Waals surface area (Å²) in [5, 5.41) is 3.01. The number of rotatable bonds is 6. The van der Waals surface area contributed by atoms with Crippen molar-refractivity contribution in [2.24, 2.45) is 11.7 Å². The van der Waals surface area contributed by atoms with Gasteiger partial charge in [-0.05, 0) is 36.5 Å². The van der Waals surface area contributed by atoms with Gasteiger partial charge >= 0.3 is 0 Å². The normalized spacial score (nSPS) is 20.4. The van der Waals surface area contributed by atoms with E-state index in [9.17, 15) is 9.18 Å². The Labute approximate surface area is 178 Å². The summed E-state index contributed by atoms with van der Waals surface area (Å²) < 4.78 is 24.1. The summed E-state index contributed by atoms with van der Waals surface area (Å²) in [6.45, 7) is 4.66. The fourth-order valence-electron chi connectivity index (χ4n) is 3.64. The molecule has 0 spiro atoms. The van der Waals surface area contributed by atoms with Gasteiger partial charge in [-0.2, -0.15) is 0 Å². The number of hydrogen-bond acceptors (Lipinski definition) is 5. The first-order valence-electron chi connectivity index (χ1n) is 9.33. The van der Waals surface area contributed by atoms with Gasteiger partial charge in [0.2, 0.25) is 5.91 Å². The van der Waals surface area contributed by atoms with E-state index in [1.54, 1.807) is 12.1 Å². The number of benzene rings is 1. The predicted octanol–water partition coefficient (Wildman–Crippen LogP) is 1.91. The minimum atomic E-state index is -0.516. The van der Waals surface area contributed by atoms with Gasteiger partial charge in [0.15, 0.2) is 0 Å². The Morgan fingerprint density at radius 2 is 1.68 bits per heavy atom. The highest BCUT2D eigenvalue weighted by Crippen LogP contribution is 2.22. The van der Waals surface area contributed by atoms with Crippen molar-refractivity contribution >= 4 is 30.7 Å². The number of nitrogens with zero attached hydrogens (tertiary/aromatic N) is 1. The molecule has 6 nitrogen and oxygen atoms in total. The van der Waals surface area contributed by atoms with Gasteiger partial charge in [-0.25, -0.2) is 4.39 Å². The van der Waals surface area contributed by atoms with Crippen LogP contribution in [-0.2, 0) is 14.3 Å². The molecule has 160 valence electrons. The Morgan fingerprint density at radius 3 is 2.29 bits per heavy atom. The first-order chi connectivity index (χ1) is 12.6. The molecule has 2 aliphatic rings. The zero-order chi connectivity index (χ0) is 18.4. The monoisotopic (exact) mass is 437 g/mol. The van der Waals surface area contributed by atoms with Gasteiger partial charge in [0.05, 0.1) is 25.3 Å². The maximum atomic E-state index is 13.3. The third kappa shape index (κ3) is 6.83. The van der Waals surface area contributed by atoms with Crippen LogP contribution in [0.4, 0.5) is 4.39 Å². The fraction of sp³-hybridized carbons (Fsp3) is 0.632. The molecule has 3 rings (SSSR count). The van der Waals surface area contributed by atoms with Crippen LogP contribution in [0.2, 0.25) is 0 Å². The van der Waals surface area contributed by atoms with E-state index in [-0.39, 0.29) is 48.5 Å². The molecule has 0 aliphatic carbocycles. The second-order valence-electron chi connectivity index (χ2n) is 6.94. The van der Waals surface area contributed by atoms with Crippen LogP contribution in [0, 0.1) is 11.7 Å². The van der Waals surface area contributed by atoms with Crippen LogP contribution >= 0.6 is 24.8 Å². The van der Waals surface area contributed by atoms with E-state index < -0.39 is 6.04 Å². The Bertz CT molecular complexity index is 582. The van der Waals surface area contributed by atoms with E-state index >= 15 is 0 Å². The van der Waals surface area contributed by atoms with Crippen molar-refractivity contribution in [2.45, 2.75) is 24.9 Å². The second-order valence-corrected chi connectivity index (χ2v) is 6.94. The average molecular weight is 438 g/mol. The lowest BCUT2D eigenvalue weighted by Gasteiger charge is -2.35. The Morgan fingerprint density at radius 1 is 1.11 bits per heavy atom. The largest absolute Gasteiger partial charge is 0.381 e. The minimum absolute atomic E-state index is 0. The molecule has 2 unspecified atom stereocenters. The molecular weight excluding hydrogens is 408 g/mol. The fourth-order valence-corrected chi connectivity index (χ4v) is 3.64. The molecule has 28 heavy (non-hydrogen) atoms. The molecule has 2 fully saturated rings.